The van der Waals surface area contributed by atoms with Crippen LogP contribution < -0.4 is 4.72 Å². The molecule has 1 atom stereocenters. The first-order valence-electron chi connectivity index (χ1n) is 5.45. The van der Waals surface area contributed by atoms with Crippen LogP contribution in [-0.2, 0) is 21.0 Å². The van der Waals surface area contributed by atoms with Crippen molar-refractivity contribution >= 4 is 27.7 Å². The number of hydrogen-bond acceptors (Lipinski definition) is 4. The molecule has 0 spiro atoms. The minimum Gasteiger partial charge on any atom is -0.273 e. The smallest absolute Gasteiger partial charge is 0.273 e. The van der Waals surface area contributed by atoms with Crippen LogP contribution in [-0.4, -0.2) is 25.8 Å². The molecule has 118 valence electrons. The summed E-state index contributed by atoms with van der Waals surface area (Å²) < 4.78 is 76.5. The second-order valence-electron chi connectivity index (χ2n) is 3.99. The Bertz CT molecular complexity index is 643. The van der Waals surface area contributed by atoms with Crippen molar-refractivity contribution in [3.63, 3.8) is 0 Å². The summed E-state index contributed by atoms with van der Waals surface area (Å²) in [6, 6.07) is 1.11. The van der Waals surface area contributed by atoms with Crippen LogP contribution in [0.4, 0.5) is 17.6 Å². The van der Waals surface area contributed by atoms with Crippen LogP contribution in [0.3, 0.4) is 0 Å². The van der Waals surface area contributed by atoms with Gasteiger partial charge in [0.1, 0.15) is 5.82 Å². The molecule has 21 heavy (non-hydrogen) atoms. The van der Waals surface area contributed by atoms with Gasteiger partial charge in [0, 0.05) is 0 Å². The summed E-state index contributed by atoms with van der Waals surface area (Å²) in [6.45, 7) is 1.39. The molecule has 4 nitrogen and oxygen atoms in total. The van der Waals surface area contributed by atoms with E-state index in [2.05, 4.69) is 0 Å². The number of carbonyl (C=O) groups excluding carboxylic acids is 1. The monoisotopic (exact) mass is 345 g/mol. The number of benzene rings is 1. The zero-order chi connectivity index (χ0) is 16.4. The second-order valence-corrected chi connectivity index (χ2v) is 6.82. The maximum absolute atomic E-state index is 12.9. The minimum atomic E-state index is -5.07. The predicted molar refractivity (Wildman–Crippen MR) is 69.7 cm³/mol. The molecule has 0 heterocycles. The van der Waals surface area contributed by atoms with Gasteiger partial charge in [0.2, 0.25) is 5.91 Å². The zero-order valence-electron chi connectivity index (χ0n) is 10.9. The summed E-state index contributed by atoms with van der Waals surface area (Å²) >= 11 is 1.02. The number of thioether (sulfide) groups is 1. The molecule has 0 aromatic heterocycles. The largest absolute Gasteiger partial charge is 0.417 e. The quantitative estimate of drug-likeness (QED) is 0.851. The number of alkyl halides is 3. The van der Waals surface area contributed by atoms with E-state index in [1.807, 2.05) is 0 Å². The average Bonchev–Trinajstić information content (AvgIpc) is 2.35. The summed E-state index contributed by atoms with van der Waals surface area (Å²) in [6.07, 6.45) is -3.53. The SMILES string of the molecule is CS[C@H](C)C(=O)NS(=O)(=O)c1ccc(F)cc1C(F)(F)F. The Morgan fingerprint density at radius 1 is 1.33 bits per heavy atom. The van der Waals surface area contributed by atoms with Crippen LogP contribution in [0.15, 0.2) is 23.1 Å². The standard InChI is InChI=1S/C11H11F4NO3S2/c1-6(20-2)10(17)16-21(18,19)9-4-3-7(12)5-8(9)11(13,14)15/h3-6H,1-2H3,(H,16,17)/t6-/m1/s1. The van der Waals surface area contributed by atoms with Crippen molar-refractivity contribution in [2.75, 3.05) is 6.26 Å². The van der Waals surface area contributed by atoms with Crippen LogP contribution in [0.25, 0.3) is 0 Å². The van der Waals surface area contributed by atoms with E-state index in [0.29, 0.717) is 12.1 Å². The molecule has 1 aromatic rings. The van der Waals surface area contributed by atoms with Gasteiger partial charge in [-0.1, -0.05) is 0 Å². The minimum absolute atomic E-state index is 0.0665. The molecular formula is C11H11F4NO3S2. The molecule has 1 amide bonds. The number of amides is 1. The molecule has 0 aliphatic rings. The van der Waals surface area contributed by atoms with Gasteiger partial charge in [0.05, 0.1) is 15.7 Å². The van der Waals surface area contributed by atoms with Crippen molar-refractivity contribution < 1.29 is 30.8 Å². The fourth-order valence-electron chi connectivity index (χ4n) is 1.34. The first-order valence-corrected chi connectivity index (χ1v) is 8.22. The van der Waals surface area contributed by atoms with Gasteiger partial charge in [0.15, 0.2) is 0 Å². The molecule has 0 fully saturated rings. The van der Waals surface area contributed by atoms with Crippen LogP contribution in [0.5, 0.6) is 0 Å². The maximum atomic E-state index is 12.9. The number of carbonyl (C=O) groups is 1. The molecule has 0 radical (unpaired) electrons. The summed E-state index contributed by atoms with van der Waals surface area (Å²) in [5, 5.41) is -0.769. The Kier molecular flexibility index (Phi) is 5.26. The van der Waals surface area contributed by atoms with E-state index >= 15 is 0 Å². The van der Waals surface area contributed by atoms with E-state index in [-0.39, 0.29) is 6.07 Å². The Morgan fingerprint density at radius 3 is 2.38 bits per heavy atom. The summed E-state index contributed by atoms with van der Waals surface area (Å²) in [5.41, 5.74) is -1.67. The van der Waals surface area contributed by atoms with Crippen molar-refractivity contribution in [3.8, 4) is 0 Å². The average molecular weight is 345 g/mol. The fraction of sp³-hybridized carbons (Fsp3) is 0.364. The molecule has 10 heteroatoms. The second kappa shape index (κ2) is 6.22. The van der Waals surface area contributed by atoms with Gasteiger partial charge in [-0.25, -0.2) is 17.5 Å². The number of nitrogens with one attached hydrogen (secondary N) is 1. The molecule has 1 rings (SSSR count). The Hall–Kier alpha value is -1.29. The first kappa shape index (κ1) is 17.8. The van der Waals surface area contributed by atoms with Crippen LogP contribution in [0.2, 0.25) is 0 Å². The van der Waals surface area contributed by atoms with Crippen molar-refractivity contribution in [2.24, 2.45) is 0 Å². The lowest BCUT2D eigenvalue weighted by Crippen LogP contribution is -2.36. The number of halogens is 4. The van der Waals surface area contributed by atoms with Crippen molar-refractivity contribution in [1.29, 1.82) is 0 Å². The van der Waals surface area contributed by atoms with Crippen LogP contribution >= 0.6 is 11.8 Å². The van der Waals surface area contributed by atoms with E-state index < -0.39 is 43.6 Å². The lowest BCUT2D eigenvalue weighted by molar-refractivity contribution is -0.140. The molecular weight excluding hydrogens is 334 g/mol. The number of rotatable bonds is 4. The van der Waals surface area contributed by atoms with E-state index in [4.69, 9.17) is 0 Å². The third-order valence-corrected chi connectivity index (χ3v) is 4.82. The van der Waals surface area contributed by atoms with Crippen molar-refractivity contribution in [3.05, 3.63) is 29.6 Å². The van der Waals surface area contributed by atoms with Gasteiger partial charge in [0.25, 0.3) is 10.0 Å². The Labute approximate surface area is 123 Å². The molecule has 0 aliphatic carbocycles. The zero-order valence-corrected chi connectivity index (χ0v) is 12.5. The molecule has 0 bridgehead atoms. The van der Waals surface area contributed by atoms with Gasteiger partial charge in [-0.15, -0.1) is 0 Å². The van der Waals surface area contributed by atoms with Crippen molar-refractivity contribution in [2.45, 2.75) is 23.2 Å². The van der Waals surface area contributed by atoms with Gasteiger partial charge >= 0.3 is 6.18 Å². The molecule has 0 saturated heterocycles. The third kappa shape index (κ3) is 4.34. The Balaban J connectivity index is 3.30. The van der Waals surface area contributed by atoms with Crippen LogP contribution in [0.1, 0.15) is 12.5 Å². The summed E-state index contributed by atoms with van der Waals surface area (Å²) in [4.78, 5) is 10.3. The highest BCUT2D eigenvalue weighted by Crippen LogP contribution is 2.34. The fourth-order valence-corrected chi connectivity index (χ4v) is 2.95. The van der Waals surface area contributed by atoms with E-state index in [1.54, 1.807) is 4.72 Å². The molecule has 0 aliphatic heterocycles. The van der Waals surface area contributed by atoms with Gasteiger partial charge < -0.3 is 0 Å². The highest BCUT2D eigenvalue weighted by molar-refractivity contribution is 8.00. The Morgan fingerprint density at radius 2 is 1.90 bits per heavy atom. The first-order chi connectivity index (χ1) is 9.49. The van der Waals surface area contributed by atoms with Crippen LogP contribution in [0, 0.1) is 5.82 Å². The highest BCUT2D eigenvalue weighted by atomic mass is 32.2. The van der Waals surface area contributed by atoms with E-state index in [0.717, 1.165) is 11.8 Å². The summed E-state index contributed by atoms with van der Waals surface area (Å²) in [7, 11) is -4.74. The number of hydrogen-bond donors (Lipinski definition) is 1. The predicted octanol–water partition coefficient (Wildman–Crippen LogP) is 2.40. The van der Waals surface area contributed by atoms with Gasteiger partial charge in [-0.3, -0.25) is 4.79 Å². The number of sulfonamides is 1. The van der Waals surface area contributed by atoms with Gasteiger partial charge in [-0.2, -0.15) is 24.9 Å². The normalized spacial score (nSPS) is 13.8. The molecule has 0 unspecified atom stereocenters. The lowest BCUT2D eigenvalue weighted by atomic mass is 10.2. The summed E-state index contributed by atoms with van der Waals surface area (Å²) in [5.74, 6) is -2.19. The highest BCUT2D eigenvalue weighted by Gasteiger charge is 2.38. The van der Waals surface area contributed by atoms with Crippen molar-refractivity contribution in [1.82, 2.24) is 4.72 Å². The maximum Gasteiger partial charge on any atom is 0.417 e. The third-order valence-electron chi connectivity index (χ3n) is 2.49. The lowest BCUT2D eigenvalue weighted by Gasteiger charge is -2.15. The topological polar surface area (TPSA) is 63.2 Å². The molecule has 0 saturated carbocycles. The molecule has 1 N–H and O–H groups in total. The van der Waals surface area contributed by atoms with E-state index in [9.17, 15) is 30.8 Å². The molecule has 1 aromatic carbocycles. The van der Waals surface area contributed by atoms with Gasteiger partial charge in [-0.05, 0) is 31.4 Å². The van der Waals surface area contributed by atoms with E-state index in [1.165, 1.54) is 13.2 Å².